The first-order valence-electron chi connectivity index (χ1n) is 7.60. The summed E-state index contributed by atoms with van der Waals surface area (Å²) in [6.07, 6.45) is 1.33. The Morgan fingerprint density at radius 3 is 2.56 bits per heavy atom. The lowest BCUT2D eigenvalue weighted by atomic mass is 10.2. The predicted molar refractivity (Wildman–Crippen MR) is 95.4 cm³/mol. The Morgan fingerprint density at radius 1 is 1.04 bits per heavy atom. The summed E-state index contributed by atoms with van der Waals surface area (Å²) in [5, 5.41) is 13.4. The van der Waals surface area contributed by atoms with Crippen LogP contribution in [0.2, 0.25) is 5.02 Å². The van der Waals surface area contributed by atoms with Gasteiger partial charge in [-0.25, -0.2) is 13.2 Å². The van der Waals surface area contributed by atoms with Gasteiger partial charge in [-0.1, -0.05) is 11.6 Å². The molecule has 0 amide bonds. The number of rotatable bonds is 5. The zero-order valence-electron chi connectivity index (χ0n) is 14.1. The summed E-state index contributed by atoms with van der Waals surface area (Å²) >= 11 is 6.07. The number of aromatic nitrogens is 3. The summed E-state index contributed by atoms with van der Waals surface area (Å²) in [4.78, 5) is 4.12. The van der Waals surface area contributed by atoms with E-state index in [1.54, 1.807) is 12.1 Å². The highest BCUT2D eigenvalue weighted by atomic mass is 35.5. The molecule has 10 heteroatoms. The standard InChI is InChI=1S/C17H13ClF3N5O/c1-8-5-12(13(27-2)6-9(8)18)23-14-7-22-26-17(25-14)24-11-4-3-10(19)15(20)16(11)21/h3-7H,1-2H3,(H2,23,24,25,26). The van der Waals surface area contributed by atoms with Crippen LogP contribution >= 0.6 is 11.6 Å². The molecule has 0 saturated carbocycles. The summed E-state index contributed by atoms with van der Waals surface area (Å²) in [6, 6.07) is 5.22. The van der Waals surface area contributed by atoms with Gasteiger partial charge in [0.1, 0.15) is 5.75 Å². The molecule has 27 heavy (non-hydrogen) atoms. The molecule has 3 rings (SSSR count). The summed E-state index contributed by atoms with van der Waals surface area (Å²) in [7, 11) is 1.49. The maximum Gasteiger partial charge on any atom is 0.249 e. The molecule has 1 heterocycles. The number of ether oxygens (including phenoxy) is 1. The number of halogens is 4. The Balaban J connectivity index is 1.87. The molecule has 0 atom stereocenters. The van der Waals surface area contributed by atoms with Crippen molar-refractivity contribution in [2.45, 2.75) is 6.92 Å². The van der Waals surface area contributed by atoms with Crippen LogP contribution in [0.3, 0.4) is 0 Å². The number of methoxy groups -OCH3 is 1. The van der Waals surface area contributed by atoms with Crippen molar-refractivity contribution in [3.05, 3.63) is 58.5 Å². The Labute approximate surface area is 157 Å². The first-order valence-corrected chi connectivity index (χ1v) is 7.98. The van der Waals surface area contributed by atoms with Gasteiger partial charge in [0.05, 0.1) is 24.7 Å². The number of nitrogens with zero attached hydrogens (tertiary/aromatic N) is 3. The van der Waals surface area contributed by atoms with E-state index in [2.05, 4.69) is 25.8 Å². The maximum absolute atomic E-state index is 13.8. The van der Waals surface area contributed by atoms with Gasteiger partial charge in [-0.15, -0.1) is 5.10 Å². The normalized spacial score (nSPS) is 10.6. The van der Waals surface area contributed by atoms with Crippen molar-refractivity contribution in [3.63, 3.8) is 0 Å². The van der Waals surface area contributed by atoms with E-state index in [9.17, 15) is 13.2 Å². The van der Waals surface area contributed by atoms with Crippen molar-refractivity contribution in [2.24, 2.45) is 0 Å². The second-order valence-electron chi connectivity index (χ2n) is 5.44. The van der Waals surface area contributed by atoms with Crippen LogP contribution in [0.5, 0.6) is 5.75 Å². The lowest BCUT2D eigenvalue weighted by Gasteiger charge is -2.13. The number of benzene rings is 2. The van der Waals surface area contributed by atoms with Crippen LogP contribution in [-0.4, -0.2) is 22.3 Å². The molecule has 0 aliphatic heterocycles. The lowest BCUT2D eigenvalue weighted by Crippen LogP contribution is -2.05. The molecule has 0 saturated heterocycles. The van der Waals surface area contributed by atoms with Gasteiger partial charge >= 0.3 is 0 Å². The van der Waals surface area contributed by atoms with E-state index in [4.69, 9.17) is 16.3 Å². The fourth-order valence-corrected chi connectivity index (χ4v) is 2.38. The molecule has 0 radical (unpaired) electrons. The van der Waals surface area contributed by atoms with E-state index in [0.29, 0.717) is 16.5 Å². The summed E-state index contributed by atoms with van der Waals surface area (Å²) in [5.41, 5.74) is 1.06. The first-order chi connectivity index (χ1) is 12.9. The lowest BCUT2D eigenvalue weighted by molar-refractivity contribution is 0.416. The van der Waals surface area contributed by atoms with Gasteiger partial charge in [0.2, 0.25) is 5.95 Å². The van der Waals surface area contributed by atoms with Gasteiger partial charge in [0.15, 0.2) is 23.3 Å². The van der Waals surface area contributed by atoms with Crippen molar-refractivity contribution < 1.29 is 17.9 Å². The number of anilines is 4. The monoisotopic (exact) mass is 395 g/mol. The molecule has 0 unspecified atom stereocenters. The van der Waals surface area contributed by atoms with E-state index in [1.165, 1.54) is 13.3 Å². The Bertz CT molecular complexity index is 1000. The topological polar surface area (TPSA) is 72.0 Å². The van der Waals surface area contributed by atoms with E-state index in [1.807, 2.05) is 6.92 Å². The zero-order valence-corrected chi connectivity index (χ0v) is 14.9. The Hall–Kier alpha value is -3.07. The van der Waals surface area contributed by atoms with Crippen LogP contribution in [0.15, 0.2) is 30.5 Å². The van der Waals surface area contributed by atoms with Crippen LogP contribution < -0.4 is 15.4 Å². The number of hydrogen-bond donors (Lipinski definition) is 2. The smallest absolute Gasteiger partial charge is 0.249 e. The SMILES string of the molecule is COc1cc(Cl)c(C)cc1Nc1cnnc(Nc2ccc(F)c(F)c2F)n1. The quantitative estimate of drug-likeness (QED) is 0.608. The fourth-order valence-electron chi connectivity index (χ4n) is 2.23. The van der Waals surface area contributed by atoms with E-state index in [0.717, 1.165) is 17.7 Å². The third-order valence-corrected chi connectivity index (χ3v) is 3.99. The van der Waals surface area contributed by atoms with Crippen molar-refractivity contribution in [2.75, 3.05) is 17.7 Å². The van der Waals surface area contributed by atoms with Crippen molar-refractivity contribution in [1.29, 1.82) is 0 Å². The second kappa shape index (κ2) is 7.67. The second-order valence-corrected chi connectivity index (χ2v) is 5.85. The van der Waals surface area contributed by atoms with Crippen LogP contribution in [-0.2, 0) is 0 Å². The molecule has 140 valence electrons. The molecule has 3 aromatic rings. The highest BCUT2D eigenvalue weighted by molar-refractivity contribution is 6.31. The number of hydrogen-bond acceptors (Lipinski definition) is 6. The first kappa shape index (κ1) is 18.7. The molecular weight excluding hydrogens is 383 g/mol. The maximum atomic E-state index is 13.8. The van der Waals surface area contributed by atoms with Crippen LogP contribution in [0, 0.1) is 24.4 Å². The third kappa shape index (κ3) is 4.03. The number of nitrogens with one attached hydrogen (secondary N) is 2. The zero-order chi connectivity index (χ0) is 19.6. The van der Waals surface area contributed by atoms with Crippen LogP contribution in [0.1, 0.15) is 5.56 Å². The average molecular weight is 396 g/mol. The molecule has 0 spiro atoms. The van der Waals surface area contributed by atoms with E-state index in [-0.39, 0.29) is 17.5 Å². The van der Waals surface area contributed by atoms with E-state index < -0.39 is 17.5 Å². The predicted octanol–water partition coefficient (Wildman–Crippen LogP) is 4.75. The van der Waals surface area contributed by atoms with Gasteiger partial charge < -0.3 is 15.4 Å². The van der Waals surface area contributed by atoms with E-state index >= 15 is 0 Å². The molecule has 2 aromatic carbocycles. The molecule has 0 aliphatic carbocycles. The minimum atomic E-state index is -1.59. The molecular formula is C17H13ClF3N5O. The van der Waals surface area contributed by atoms with Crippen molar-refractivity contribution >= 4 is 34.7 Å². The summed E-state index contributed by atoms with van der Waals surface area (Å²) in [5.74, 6) is -3.65. The highest BCUT2D eigenvalue weighted by Gasteiger charge is 2.15. The van der Waals surface area contributed by atoms with Crippen molar-refractivity contribution in [3.8, 4) is 5.75 Å². The van der Waals surface area contributed by atoms with Crippen molar-refractivity contribution in [1.82, 2.24) is 15.2 Å². The summed E-state index contributed by atoms with van der Waals surface area (Å²) in [6.45, 7) is 1.82. The molecule has 0 fully saturated rings. The van der Waals surface area contributed by atoms with Gasteiger partial charge in [-0.3, -0.25) is 0 Å². The third-order valence-electron chi connectivity index (χ3n) is 3.58. The molecule has 0 aliphatic rings. The van der Waals surface area contributed by atoms with Gasteiger partial charge in [0, 0.05) is 11.1 Å². The molecule has 1 aromatic heterocycles. The van der Waals surface area contributed by atoms with Gasteiger partial charge in [0.25, 0.3) is 0 Å². The number of aryl methyl sites for hydroxylation is 1. The minimum absolute atomic E-state index is 0.116. The molecule has 2 N–H and O–H groups in total. The largest absolute Gasteiger partial charge is 0.495 e. The van der Waals surface area contributed by atoms with Gasteiger partial charge in [-0.2, -0.15) is 10.1 Å². The van der Waals surface area contributed by atoms with Gasteiger partial charge in [-0.05, 0) is 30.7 Å². The van der Waals surface area contributed by atoms with Crippen LogP contribution in [0.4, 0.5) is 36.3 Å². The highest BCUT2D eigenvalue weighted by Crippen LogP contribution is 2.32. The molecule has 0 bridgehead atoms. The van der Waals surface area contributed by atoms with Crippen LogP contribution in [0.25, 0.3) is 0 Å². The Kier molecular flexibility index (Phi) is 5.31. The summed E-state index contributed by atoms with van der Waals surface area (Å²) < 4.78 is 45.4. The molecule has 6 nitrogen and oxygen atoms in total. The average Bonchev–Trinajstić information content (AvgIpc) is 2.65. The Morgan fingerprint density at radius 2 is 1.81 bits per heavy atom. The minimum Gasteiger partial charge on any atom is -0.495 e. The fraction of sp³-hybridized carbons (Fsp3) is 0.118.